The Bertz CT molecular complexity index is 680. The molecule has 0 aromatic heterocycles. The minimum absolute atomic E-state index is 0.0953. The fourth-order valence-corrected chi connectivity index (χ4v) is 3.45. The molecule has 0 bridgehead atoms. The van der Waals surface area contributed by atoms with Crippen molar-refractivity contribution in [3.8, 4) is 5.75 Å². The number of carbonyl (C=O) groups is 2. The summed E-state index contributed by atoms with van der Waals surface area (Å²) in [5, 5.41) is 2.75. The van der Waals surface area contributed by atoms with E-state index in [0.29, 0.717) is 32.1 Å². The molecule has 1 aliphatic rings. The van der Waals surface area contributed by atoms with E-state index in [4.69, 9.17) is 14.2 Å². The lowest BCUT2D eigenvalue weighted by Gasteiger charge is -2.24. The molecular formula is C23H35NO5. The molecule has 1 unspecified atom stereocenters. The molecule has 162 valence electrons. The van der Waals surface area contributed by atoms with E-state index in [1.807, 2.05) is 33.8 Å². The van der Waals surface area contributed by atoms with Gasteiger partial charge in [-0.2, -0.15) is 0 Å². The molecule has 0 spiro atoms. The molecule has 6 nitrogen and oxygen atoms in total. The first kappa shape index (κ1) is 23.0. The standard InChI is InChI=1S/C23H35NO5/c1-5-27-21(25)15-17-8-9-19-16-20(11-10-18(19)14-17)28-13-7-6-12-24-22(26)29-23(2,3)4/h10-11,16-17H,5-9,12-15H2,1-4H3,(H,24,26). The first-order valence-electron chi connectivity index (χ1n) is 10.6. The van der Waals surface area contributed by atoms with Gasteiger partial charge in [-0.15, -0.1) is 0 Å². The highest BCUT2D eigenvalue weighted by Crippen LogP contribution is 2.30. The van der Waals surface area contributed by atoms with Crippen molar-refractivity contribution in [3.05, 3.63) is 29.3 Å². The topological polar surface area (TPSA) is 73.9 Å². The van der Waals surface area contributed by atoms with Gasteiger partial charge in [0.25, 0.3) is 0 Å². The third-order valence-electron chi connectivity index (χ3n) is 4.78. The SMILES string of the molecule is CCOC(=O)CC1CCc2cc(OCCCCNC(=O)OC(C)(C)C)ccc2C1. The first-order valence-corrected chi connectivity index (χ1v) is 10.6. The fourth-order valence-electron chi connectivity index (χ4n) is 3.45. The second kappa shape index (κ2) is 11.1. The van der Waals surface area contributed by atoms with E-state index in [0.717, 1.165) is 37.9 Å². The zero-order valence-corrected chi connectivity index (χ0v) is 18.2. The highest BCUT2D eigenvalue weighted by Gasteiger charge is 2.22. The quantitative estimate of drug-likeness (QED) is 0.486. The third-order valence-corrected chi connectivity index (χ3v) is 4.78. The zero-order chi connectivity index (χ0) is 21.3. The van der Waals surface area contributed by atoms with E-state index in [-0.39, 0.29) is 12.1 Å². The highest BCUT2D eigenvalue weighted by atomic mass is 16.6. The molecule has 1 atom stereocenters. The average molecular weight is 406 g/mol. The van der Waals surface area contributed by atoms with Crippen molar-refractivity contribution in [2.24, 2.45) is 5.92 Å². The lowest BCUT2D eigenvalue weighted by atomic mass is 9.82. The molecule has 0 fully saturated rings. The van der Waals surface area contributed by atoms with Gasteiger partial charge in [0.15, 0.2) is 0 Å². The number of nitrogens with one attached hydrogen (secondary N) is 1. The maximum absolute atomic E-state index is 11.7. The number of carbonyl (C=O) groups excluding carboxylic acids is 2. The molecule has 29 heavy (non-hydrogen) atoms. The van der Waals surface area contributed by atoms with Gasteiger partial charge < -0.3 is 19.5 Å². The van der Waals surface area contributed by atoms with E-state index in [9.17, 15) is 9.59 Å². The van der Waals surface area contributed by atoms with Gasteiger partial charge in [0.1, 0.15) is 11.4 Å². The minimum Gasteiger partial charge on any atom is -0.494 e. The van der Waals surface area contributed by atoms with Gasteiger partial charge in [-0.05, 0) is 89.0 Å². The predicted molar refractivity (Wildman–Crippen MR) is 112 cm³/mol. The van der Waals surface area contributed by atoms with Crippen molar-refractivity contribution in [1.82, 2.24) is 5.32 Å². The van der Waals surface area contributed by atoms with Crippen molar-refractivity contribution in [2.75, 3.05) is 19.8 Å². The summed E-state index contributed by atoms with van der Waals surface area (Å²) in [5.41, 5.74) is 2.15. The monoisotopic (exact) mass is 405 g/mol. The third kappa shape index (κ3) is 8.75. The molecule has 0 radical (unpaired) electrons. The lowest BCUT2D eigenvalue weighted by Crippen LogP contribution is -2.33. The maximum atomic E-state index is 11.7. The number of hydrogen-bond acceptors (Lipinski definition) is 5. The molecular weight excluding hydrogens is 370 g/mol. The van der Waals surface area contributed by atoms with Crippen LogP contribution in [0.4, 0.5) is 4.79 Å². The van der Waals surface area contributed by atoms with Crippen LogP contribution in [0.15, 0.2) is 18.2 Å². The average Bonchev–Trinajstić information content (AvgIpc) is 2.63. The Hall–Kier alpha value is -2.24. The number of amides is 1. The van der Waals surface area contributed by atoms with Gasteiger partial charge in [-0.3, -0.25) is 4.79 Å². The Kier molecular flexibility index (Phi) is 8.80. The molecule has 2 rings (SSSR count). The summed E-state index contributed by atoms with van der Waals surface area (Å²) in [7, 11) is 0. The Morgan fingerprint density at radius 2 is 1.97 bits per heavy atom. The smallest absolute Gasteiger partial charge is 0.407 e. The highest BCUT2D eigenvalue weighted by molar-refractivity contribution is 5.69. The van der Waals surface area contributed by atoms with E-state index in [2.05, 4.69) is 17.4 Å². The van der Waals surface area contributed by atoms with Crippen LogP contribution < -0.4 is 10.1 Å². The summed E-state index contributed by atoms with van der Waals surface area (Å²) in [6, 6.07) is 6.24. The van der Waals surface area contributed by atoms with Crippen molar-refractivity contribution in [1.29, 1.82) is 0 Å². The van der Waals surface area contributed by atoms with Crippen LogP contribution in [0.5, 0.6) is 5.75 Å². The number of ether oxygens (including phenoxy) is 3. The Morgan fingerprint density at radius 3 is 2.69 bits per heavy atom. The van der Waals surface area contributed by atoms with Crippen molar-refractivity contribution < 1.29 is 23.8 Å². The summed E-state index contributed by atoms with van der Waals surface area (Å²) in [6.07, 6.45) is 4.71. The van der Waals surface area contributed by atoms with Crippen molar-refractivity contribution in [2.45, 2.75) is 71.8 Å². The molecule has 0 aliphatic heterocycles. The Morgan fingerprint density at radius 1 is 1.17 bits per heavy atom. The van der Waals surface area contributed by atoms with Gasteiger partial charge in [-0.25, -0.2) is 4.79 Å². The Balaban J connectivity index is 1.67. The van der Waals surface area contributed by atoms with Crippen molar-refractivity contribution in [3.63, 3.8) is 0 Å². The van der Waals surface area contributed by atoms with Crippen LogP contribution >= 0.6 is 0 Å². The van der Waals surface area contributed by atoms with Gasteiger partial charge in [0.05, 0.1) is 13.2 Å². The number of benzene rings is 1. The molecule has 1 N–H and O–H groups in total. The summed E-state index contributed by atoms with van der Waals surface area (Å²) in [6.45, 7) is 9.01. The second-order valence-corrected chi connectivity index (χ2v) is 8.53. The van der Waals surface area contributed by atoms with E-state index < -0.39 is 5.60 Å². The number of hydrogen-bond donors (Lipinski definition) is 1. The van der Waals surface area contributed by atoms with Gasteiger partial charge in [0, 0.05) is 13.0 Å². The van der Waals surface area contributed by atoms with Gasteiger partial charge in [0.2, 0.25) is 0 Å². The van der Waals surface area contributed by atoms with Crippen LogP contribution in [0.2, 0.25) is 0 Å². The van der Waals surface area contributed by atoms with Crippen LogP contribution in [0.3, 0.4) is 0 Å². The van der Waals surface area contributed by atoms with Crippen LogP contribution in [-0.4, -0.2) is 37.4 Å². The molecule has 1 aliphatic carbocycles. The molecule has 0 saturated heterocycles. The molecule has 1 aromatic rings. The van der Waals surface area contributed by atoms with Gasteiger partial charge >= 0.3 is 12.1 Å². The van der Waals surface area contributed by atoms with Crippen LogP contribution in [0.25, 0.3) is 0 Å². The number of rotatable bonds is 9. The van der Waals surface area contributed by atoms with Gasteiger partial charge in [-0.1, -0.05) is 6.07 Å². The minimum atomic E-state index is -0.474. The van der Waals surface area contributed by atoms with E-state index in [1.165, 1.54) is 11.1 Å². The molecule has 1 aromatic carbocycles. The molecule has 6 heteroatoms. The number of unbranched alkanes of at least 4 members (excludes halogenated alkanes) is 1. The lowest BCUT2D eigenvalue weighted by molar-refractivity contribution is -0.144. The molecule has 0 saturated carbocycles. The van der Waals surface area contributed by atoms with Crippen LogP contribution in [0, 0.1) is 5.92 Å². The van der Waals surface area contributed by atoms with E-state index in [1.54, 1.807) is 0 Å². The fraction of sp³-hybridized carbons (Fsp3) is 0.652. The normalized spacial score (nSPS) is 15.9. The Labute approximate surface area is 174 Å². The number of aryl methyl sites for hydroxylation is 1. The summed E-state index contributed by atoms with van der Waals surface area (Å²) < 4.78 is 16.1. The summed E-state index contributed by atoms with van der Waals surface area (Å²) in [4.78, 5) is 23.3. The largest absolute Gasteiger partial charge is 0.494 e. The predicted octanol–water partition coefficient (Wildman–Crippen LogP) is 4.43. The summed E-state index contributed by atoms with van der Waals surface area (Å²) in [5.74, 6) is 1.15. The second-order valence-electron chi connectivity index (χ2n) is 8.53. The van der Waals surface area contributed by atoms with Crippen LogP contribution in [-0.2, 0) is 27.1 Å². The van der Waals surface area contributed by atoms with Crippen LogP contribution in [0.1, 0.15) is 64.5 Å². The first-order chi connectivity index (χ1) is 13.8. The summed E-state index contributed by atoms with van der Waals surface area (Å²) >= 11 is 0. The molecule has 1 amide bonds. The van der Waals surface area contributed by atoms with E-state index >= 15 is 0 Å². The molecule has 0 heterocycles. The maximum Gasteiger partial charge on any atom is 0.407 e. The number of esters is 1. The number of fused-ring (bicyclic) bond motifs is 1. The number of alkyl carbamates (subject to hydrolysis) is 1. The zero-order valence-electron chi connectivity index (χ0n) is 18.2. The van der Waals surface area contributed by atoms with Crippen molar-refractivity contribution >= 4 is 12.1 Å².